The second kappa shape index (κ2) is 6.35. The summed E-state index contributed by atoms with van der Waals surface area (Å²) in [5.74, 6) is -5.60. The second-order valence-electron chi connectivity index (χ2n) is 6.15. The fourth-order valence-corrected chi connectivity index (χ4v) is 2.81. The van der Waals surface area contributed by atoms with E-state index >= 15 is 0 Å². The highest BCUT2D eigenvalue weighted by Gasteiger charge is 2.62. The van der Waals surface area contributed by atoms with Crippen LogP contribution in [0.15, 0.2) is 30.1 Å². The number of allylic oxidation sites excluding steroid dienone is 2. The zero-order valence-electron chi connectivity index (χ0n) is 12.8. The number of carbonyl (C=O) groups is 1. The molecule has 0 spiro atoms. The van der Waals surface area contributed by atoms with Gasteiger partial charge in [0.15, 0.2) is 5.83 Å². The molecule has 0 aromatic heterocycles. The van der Waals surface area contributed by atoms with Crippen LogP contribution in [0.5, 0.6) is 0 Å². The zero-order chi connectivity index (χ0) is 18.3. The topological polar surface area (TPSA) is 26.3 Å². The predicted molar refractivity (Wildman–Crippen MR) is 77.2 cm³/mol. The molecule has 2 atom stereocenters. The molecule has 2 nitrogen and oxygen atoms in total. The van der Waals surface area contributed by atoms with Gasteiger partial charge in [0.05, 0.1) is 10.9 Å². The lowest BCUT2D eigenvalue weighted by Gasteiger charge is -2.08. The van der Waals surface area contributed by atoms with Crippen molar-refractivity contribution in [2.45, 2.75) is 26.6 Å². The molecule has 0 unspecified atom stereocenters. The van der Waals surface area contributed by atoms with Gasteiger partial charge in [0.1, 0.15) is 12.4 Å². The van der Waals surface area contributed by atoms with Crippen LogP contribution in [-0.2, 0) is 16.1 Å². The first-order valence-corrected chi connectivity index (χ1v) is 7.38. The fourth-order valence-electron chi connectivity index (χ4n) is 2.59. The van der Waals surface area contributed by atoms with Crippen LogP contribution in [0.2, 0.25) is 5.02 Å². The Bertz CT molecular complexity index is 661. The highest BCUT2D eigenvalue weighted by Crippen LogP contribution is 2.60. The van der Waals surface area contributed by atoms with E-state index in [-0.39, 0.29) is 10.6 Å². The molecule has 1 aromatic rings. The Labute approximate surface area is 140 Å². The van der Waals surface area contributed by atoms with Gasteiger partial charge in [0.25, 0.3) is 0 Å². The van der Waals surface area contributed by atoms with E-state index in [0.29, 0.717) is 6.08 Å². The normalized spacial score (nSPS) is 23.1. The van der Waals surface area contributed by atoms with Crippen molar-refractivity contribution in [2.75, 3.05) is 0 Å². The SMILES string of the molecule is CC1(C)[C@H](C=C(F)C(F)(F)F)[C@H]1C(=O)OCc1c(F)cccc1Cl. The third-order valence-corrected chi connectivity index (χ3v) is 4.54. The number of rotatable bonds is 4. The molecule has 0 saturated heterocycles. The van der Waals surface area contributed by atoms with Crippen molar-refractivity contribution in [2.24, 2.45) is 17.3 Å². The minimum Gasteiger partial charge on any atom is -0.460 e. The lowest BCUT2D eigenvalue weighted by molar-refractivity contribution is -0.147. The van der Waals surface area contributed by atoms with E-state index in [2.05, 4.69) is 0 Å². The van der Waals surface area contributed by atoms with E-state index < -0.39 is 47.6 Å². The largest absolute Gasteiger partial charge is 0.460 e. The fraction of sp³-hybridized carbons (Fsp3) is 0.438. The Morgan fingerprint density at radius 3 is 2.54 bits per heavy atom. The molecule has 132 valence electrons. The van der Waals surface area contributed by atoms with Gasteiger partial charge >= 0.3 is 12.1 Å². The molecule has 0 bridgehead atoms. The second-order valence-corrected chi connectivity index (χ2v) is 6.55. The number of ether oxygens (including phenoxy) is 1. The van der Waals surface area contributed by atoms with E-state index in [1.165, 1.54) is 26.0 Å². The van der Waals surface area contributed by atoms with E-state index in [4.69, 9.17) is 16.3 Å². The molecule has 0 radical (unpaired) electrons. The molecule has 1 fully saturated rings. The van der Waals surface area contributed by atoms with Crippen LogP contribution in [0.25, 0.3) is 0 Å². The van der Waals surface area contributed by atoms with Crippen LogP contribution in [0.3, 0.4) is 0 Å². The van der Waals surface area contributed by atoms with Crippen LogP contribution in [0.1, 0.15) is 19.4 Å². The first kappa shape index (κ1) is 18.7. The maximum Gasteiger partial charge on any atom is 0.442 e. The number of benzene rings is 1. The van der Waals surface area contributed by atoms with Crippen molar-refractivity contribution >= 4 is 17.6 Å². The van der Waals surface area contributed by atoms with E-state index in [1.807, 2.05) is 0 Å². The summed E-state index contributed by atoms with van der Waals surface area (Å²) in [5, 5.41) is 0.0671. The van der Waals surface area contributed by atoms with Crippen molar-refractivity contribution in [3.63, 3.8) is 0 Å². The van der Waals surface area contributed by atoms with Crippen LogP contribution < -0.4 is 0 Å². The molecule has 1 aliphatic rings. The van der Waals surface area contributed by atoms with Crippen molar-refractivity contribution in [3.05, 3.63) is 46.5 Å². The van der Waals surface area contributed by atoms with Gasteiger partial charge in [-0.05, 0) is 29.5 Å². The van der Waals surface area contributed by atoms with Crippen LogP contribution in [0.4, 0.5) is 22.0 Å². The Hall–Kier alpha value is -1.63. The smallest absolute Gasteiger partial charge is 0.442 e. The van der Waals surface area contributed by atoms with Crippen LogP contribution in [-0.4, -0.2) is 12.1 Å². The van der Waals surface area contributed by atoms with Gasteiger partial charge in [-0.25, -0.2) is 8.78 Å². The molecule has 0 amide bonds. The maximum atomic E-state index is 13.6. The van der Waals surface area contributed by atoms with Crippen molar-refractivity contribution in [1.82, 2.24) is 0 Å². The van der Waals surface area contributed by atoms with Gasteiger partial charge in [-0.3, -0.25) is 4.79 Å². The highest BCUT2D eigenvalue weighted by molar-refractivity contribution is 6.31. The number of alkyl halides is 3. The molecule has 0 N–H and O–H groups in total. The summed E-state index contributed by atoms with van der Waals surface area (Å²) >= 11 is 5.80. The summed E-state index contributed by atoms with van der Waals surface area (Å²) in [5.41, 5.74) is -0.904. The maximum absolute atomic E-state index is 13.6. The van der Waals surface area contributed by atoms with Gasteiger partial charge in [-0.15, -0.1) is 0 Å². The van der Waals surface area contributed by atoms with Crippen LogP contribution in [0, 0.1) is 23.1 Å². The Balaban J connectivity index is 2.06. The number of hydrogen-bond donors (Lipinski definition) is 0. The van der Waals surface area contributed by atoms with Crippen molar-refractivity contribution in [1.29, 1.82) is 0 Å². The Morgan fingerprint density at radius 1 is 1.38 bits per heavy atom. The van der Waals surface area contributed by atoms with Crippen molar-refractivity contribution in [3.8, 4) is 0 Å². The number of halogens is 6. The number of carbonyl (C=O) groups excluding carboxylic acids is 1. The van der Waals surface area contributed by atoms with E-state index in [9.17, 15) is 26.7 Å². The average Bonchev–Trinajstić information content (AvgIpc) is 2.98. The third kappa shape index (κ3) is 3.71. The molecule has 0 heterocycles. The summed E-state index contributed by atoms with van der Waals surface area (Å²) in [6.07, 6.45) is -4.70. The lowest BCUT2D eigenvalue weighted by Crippen LogP contribution is -2.12. The van der Waals surface area contributed by atoms with Crippen LogP contribution >= 0.6 is 11.6 Å². The Kier molecular flexibility index (Phi) is 4.95. The highest BCUT2D eigenvalue weighted by atomic mass is 35.5. The summed E-state index contributed by atoms with van der Waals surface area (Å²) in [4.78, 5) is 12.0. The van der Waals surface area contributed by atoms with Crippen molar-refractivity contribution < 1.29 is 31.5 Å². The Morgan fingerprint density at radius 2 is 2.00 bits per heavy atom. The van der Waals surface area contributed by atoms with E-state index in [0.717, 1.165) is 6.07 Å². The van der Waals surface area contributed by atoms with E-state index in [1.54, 1.807) is 0 Å². The average molecular weight is 369 g/mol. The molecule has 24 heavy (non-hydrogen) atoms. The summed E-state index contributed by atoms with van der Waals surface area (Å²) < 4.78 is 68.4. The summed E-state index contributed by atoms with van der Waals surface area (Å²) in [6, 6.07) is 3.94. The van der Waals surface area contributed by atoms with Gasteiger partial charge < -0.3 is 4.74 Å². The lowest BCUT2D eigenvalue weighted by atomic mass is 10.1. The molecule has 1 saturated carbocycles. The number of hydrogen-bond acceptors (Lipinski definition) is 2. The molecular weight excluding hydrogens is 355 g/mol. The standard InChI is InChI=1S/C16H14ClF5O2/c1-15(2)9(6-12(19)16(20,21)22)13(15)14(23)24-7-8-10(17)4-3-5-11(8)18/h3-6,9,13H,7H2,1-2H3/t9-,13+/m1/s1. The monoisotopic (exact) mass is 368 g/mol. The molecule has 2 rings (SSSR count). The van der Waals surface area contributed by atoms with Gasteiger partial charge in [0.2, 0.25) is 0 Å². The number of esters is 1. The zero-order valence-corrected chi connectivity index (χ0v) is 13.5. The third-order valence-electron chi connectivity index (χ3n) is 4.18. The molecule has 1 aromatic carbocycles. The summed E-state index contributed by atoms with van der Waals surface area (Å²) in [7, 11) is 0. The molecule has 1 aliphatic carbocycles. The molecule has 8 heteroatoms. The summed E-state index contributed by atoms with van der Waals surface area (Å²) in [6.45, 7) is 2.61. The first-order valence-electron chi connectivity index (χ1n) is 7.00. The quantitative estimate of drug-likeness (QED) is 0.538. The first-order chi connectivity index (χ1) is 11.0. The van der Waals surface area contributed by atoms with Gasteiger partial charge in [-0.1, -0.05) is 31.5 Å². The minimum atomic E-state index is -5.09. The van der Waals surface area contributed by atoms with Gasteiger partial charge in [0, 0.05) is 5.56 Å². The minimum absolute atomic E-state index is 0.0282. The van der Waals surface area contributed by atoms with Gasteiger partial charge in [-0.2, -0.15) is 13.2 Å². The molecular formula is C16H14ClF5O2. The molecule has 0 aliphatic heterocycles. The predicted octanol–water partition coefficient (Wildman–Crippen LogP) is 5.21.